The molecule has 3 aromatic heterocycles. The second-order valence-electron chi connectivity index (χ2n) is 6.99. The third kappa shape index (κ3) is 4.09. The highest BCUT2D eigenvalue weighted by Gasteiger charge is 2.14. The summed E-state index contributed by atoms with van der Waals surface area (Å²) in [4.78, 5) is 13.4. The van der Waals surface area contributed by atoms with E-state index in [1.165, 1.54) is 0 Å². The molecular weight excluding hydrogens is 374 g/mol. The lowest BCUT2D eigenvalue weighted by Gasteiger charge is -2.09. The van der Waals surface area contributed by atoms with Crippen molar-refractivity contribution >= 4 is 0 Å². The quantitative estimate of drug-likeness (QED) is 0.538. The zero-order valence-corrected chi connectivity index (χ0v) is 16.7. The first-order chi connectivity index (χ1) is 14.7. The SMILES string of the molecule is Cc1nn(-c2ccccn2)cc1Cc1cc(C#N)ccc1-c1ncc(CCN)cn1. The van der Waals surface area contributed by atoms with Crippen LogP contribution in [-0.2, 0) is 12.8 Å². The molecule has 0 amide bonds. The van der Waals surface area contributed by atoms with E-state index in [0.29, 0.717) is 24.4 Å². The van der Waals surface area contributed by atoms with Gasteiger partial charge in [0.15, 0.2) is 11.6 Å². The summed E-state index contributed by atoms with van der Waals surface area (Å²) in [5.41, 5.74) is 11.1. The van der Waals surface area contributed by atoms with Crippen molar-refractivity contribution in [2.24, 2.45) is 5.73 Å². The van der Waals surface area contributed by atoms with E-state index >= 15 is 0 Å². The number of hydrogen-bond donors (Lipinski definition) is 1. The summed E-state index contributed by atoms with van der Waals surface area (Å²) in [6.45, 7) is 2.53. The standard InChI is InChI=1S/C23H21N7/c1-16-20(15-30(29-16)22-4-2-3-9-26-22)11-19-10-17(12-25)5-6-21(19)23-27-13-18(7-8-24)14-28-23/h2-6,9-10,13-15H,7-8,11,24H2,1H3. The maximum atomic E-state index is 9.37. The van der Waals surface area contributed by atoms with Gasteiger partial charge in [0.25, 0.3) is 0 Å². The molecule has 0 saturated heterocycles. The first-order valence-electron chi connectivity index (χ1n) is 9.69. The van der Waals surface area contributed by atoms with E-state index in [-0.39, 0.29) is 0 Å². The highest BCUT2D eigenvalue weighted by Crippen LogP contribution is 2.25. The van der Waals surface area contributed by atoms with E-state index in [0.717, 1.165) is 40.2 Å². The largest absolute Gasteiger partial charge is 0.330 e. The smallest absolute Gasteiger partial charge is 0.159 e. The molecule has 3 heterocycles. The minimum Gasteiger partial charge on any atom is -0.330 e. The molecule has 0 spiro atoms. The van der Waals surface area contributed by atoms with Gasteiger partial charge in [0.2, 0.25) is 0 Å². The van der Waals surface area contributed by atoms with Crippen LogP contribution in [0, 0.1) is 18.3 Å². The van der Waals surface area contributed by atoms with Crippen LogP contribution in [0.2, 0.25) is 0 Å². The molecule has 1 aromatic carbocycles. The van der Waals surface area contributed by atoms with Crippen molar-refractivity contribution in [2.75, 3.05) is 6.54 Å². The van der Waals surface area contributed by atoms with Crippen molar-refractivity contribution in [3.63, 3.8) is 0 Å². The molecule has 0 aliphatic rings. The highest BCUT2D eigenvalue weighted by atomic mass is 15.3. The highest BCUT2D eigenvalue weighted by molar-refractivity contribution is 5.63. The molecule has 148 valence electrons. The molecular formula is C23H21N7. The summed E-state index contributed by atoms with van der Waals surface area (Å²) < 4.78 is 1.77. The number of aryl methyl sites for hydroxylation is 1. The zero-order chi connectivity index (χ0) is 20.9. The van der Waals surface area contributed by atoms with Gasteiger partial charge in [-0.15, -0.1) is 0 Å². The lowest BCUT2D eigenvalue weighted by molar-refractivity contribution is 0.832. The van der Waals surface area contributed by atoms with Crippen LogP contribution in [0.15, 0.2) is 61.2 Å². The van der Waals surface area contributed by atoms with Gasteiger partial charge in [-0.3, -0.25) is 0 Å². The molecule has 7 nitrogen and oxygen atoms in total. The molecule has 2 N–H and O–H groups in total. The van der Waals surface area contributed by atoms with Gasteiger partial charge < -0.3 is 5.73 Å². The Bertz CT molecular complexity index is 1190. The van der Waals surface area contributed by atoms with Crippen molar-refractivity contribution in [3.05, 3.63) is 89.1 Å². The van der Waals surface area contributed by atoms with E-state index in [1.54, 1.807) is 16.9 Å². The molecule has 0 aliphatic heterocycles. The van der Waals surface area contributed by atoms with Gasteiger partial charge in [-0.25, -0.2) is 19.6 Å². The zero-order valence-electron chi connectivity index (χ0n) is 16.7. The number of nitriles is 1. The first-order valence-corrected chi connectivity index (χ1v) is 9.69. The van der Waals surface area contributed by atoms with Crippen LogP contribution in [-0.4, -0.2) is 31.3 Å². The maximum Gasteiger partial charge on any atom is 0.159 e. The lowest BCUT2D eigenvalue weighted by Crippen LogP contribution is -2.04. The number of aromatic nitrogens is 5. The summed E-state index contributed by atoms with van der Waals surface area (Å²) in [5, 5.41) is 14.0. The van der Waals surface area contributed by atoms with Crippen molar-refractivity contribution < 1.29 is 0 Å². The number of hydrogen-bond acceptors (Lipinski definition) is 6. The Balaban J connectivity index is 1.70. The molecule has 30 heavy (non-hydrogen) atoms. The fourth-order valence-electron chi connectivity index (χ4n) is 3.30. The van der Waals surface area contributed by atoms with Gasteiger partial charge in [-0.05, 0) is 66.9 Å². The van der Waals surface area contributed by atoms with E-state index in [9.17, 15) is 5.26 Å². The third-order valence-electron chi connectivity index (χ3n) is 4.88. The fraction of sp³-hybridized carbons (Fsp3) is 0.174. The van der Waals surface area contributed by atoms with Gasteiger partial charge in [-0.1, -0.05) is 6.07 Å². The summed E-state index contributed by atoms with van der Waals surface area (Å²) in [6, 6.07) is 13.5. The molecule has 4 rings (SSSR count). The number of nitrogens with zero attached hydrogens (tertiary/aromatic N) is 6. The normalized spacial score (nSPS) is 10.7. The van der Waals surface area contributed by atoms with Gasteiger partial charge in [0, 0.05) is 36.8 Å². The topological polar surface area (TPSA) is 106 Å². The predicted octanol–water partition coefficient (Wildman–Crippen LogP) is 3.00. The van der Waals surface area contributed by atoms with Crippen LogP contribution in [0.25, 0.3) is 17.2 Å². The predicted molar refractivity (Wildman–Crippen MR) is 114 cm³/mol. The molecule has 0 saturated carbocycles. The number of rotatable bonds is 6. The van der Waals surface area contributed by atoms with Gasteiger partial charge in [0.05, 0.1) is 17.3 Å². The molecule has 0 radical (unpaired) electrons. The number of nitrogens with two attached hydrogens (primary N) is 1. The first kappa shape index (κ1) is 19.4. The molecule has 4 aromatic rings. The molecule has 0 bridgehead atoms. The summed E-state index contributed by atoms with van der Waals surface area (Å²) in [7, 11) is 0. The maximum absolute atomic E-state index is 9.37. The Morgan fingerprint density at radius 3 is 2.60 bits per heavy atom. The van der Waals surface area contributed by atoms with E-state index in [4.69, 9.17) is 5.73 Å². The van der Waals surface area contributed by atoms with E-state index in [2.05, 4.69) is 26.1 Å². The Hall–Kier alpha value is -3.89. The van der Waals surface area contributed by atoms with Gasteiger partial charge >= 0.3 is 0 Å². The Labute approximate surface area is 174 Å². The number of benzene rings is 1. The Morgan fingerprint density at radius 2 is 1.90 bits per heavy atom. The summed E-state index contributed by atoms with van der Waals surface area (Å²) in [5.74, 6) is 1.39. The fourth-order valence-corrected chi connectivity index (χ4v) is 3.30. The van der Waals surface area contributed by atoms with Crippen molar-refractivity contribution in [2.45, 2.75) is 19.8 Å². The molecule has 0 unspecified atom stereocenters. The van der Waals surface area contributed by atoms with Gasteiger partial charge in [-0.2, -0.15) is 10.4 Å². The van der Waals surface area contributed by atoms with Crippen molar-refractivity contribution in [3.8, 4) is 23.3 Å². The Kier molecular flexibility index (Phi) is 5.59. The van der Waals surface area contributed by atoms with Crippen molar-refractivity contribution in [1.29, 1.82) is 5.26 Å². The van der Waals surface area contributed by atoms with Crippen LogP contribution < -0.4 is 5.73 Å². The van der Waals surface area contributed by atoms with Crippen LogP contribution in [0.5, 0.6) is 0 Å². The van der Waals surface area contributed by atoms with E-state index in [1.807, 2.05) is 55.8 Å². The second kappa shape index (κ2) is 8.64. The Morgan fingerprint density at radius 1 is 1.07 bits per heavy atom. The second-order valence-corrected chi connectivity index (χ2v) is 6.99. The van der Waals surface area contributed by atoms with Crippen LogP contribution in [0.3, 0.4) is 0 Å². The summed E-state index contributed by atoms with van der Waals surface area (Å²) >= 11 is 0. The van der Waals surface area contributed by atoms with Gasteiger partial charge in [0.1, 0.15) is 0 Å². The molecule has 0 aliphatic carbocycles. The average molecular weight is 395 g/mol. The van der Waals surface area contributed by atoms with Crippen LogP contribution in [0.4, 0.5) is 0 Å². The van der Waals surface area contributed by atoms with Crippen molar-refractivity contribution in [1.82, 2.24) is 24.7 Å². The summed E-state index contributed by atoms with van der Waals surface area (Å²) in [6.07, 6.45) is 8.69. The minimum absolute atomic E-state index is 0.560. The molecule has 0 fully saturated rings. The monoisotopic (exact) mass is 395 g/mol. The third-order valence-corrected chi connectivity index (χ3v) is 4.88. The van der Waals surface area contributed by atoms with Crippen LogP contribution in [0.1, 0.15) is 27.9 Å². The van der Waals surface area contributed by atoms with E-state index < -0.39 is 0 Å². The molecule has 0 atom stereocenters. The van der Waals surface area contributed by atoms with Crippen LogP contribution >= 0.6 is 0 Å². The number of pyridine rings is 1. The lowest BCUT2D eigenvalue weighted by atomic mass is 9.97. The molecule has 7 heteroatoms. The minimum atomic E-state index is 0.560. The average Bonchev–Trinajstić information content (AvgIpc) is 3.15.